The largest absolute Gasteiger partial charge is 0.433 e. The van der Waals surface area contributed by atoms with Crippen LogP contribution in [0.5, 0.6) is 5.75 Å². The fourth-order valence-electron chi connectivity index (χ4n) is 1.69. The maximum absolute atomic E-state index is 12.1. The molecule has 1 N–H and O–H groups in total. The summed E-state index contributed by atoms with van der Waals surface area (Å²) in [6, 6.07) is 13.4. The van der Waals surface area contributed by atoms with E-state index >= 15 is 0 Å². The SMILES string of the molecule is O=C(/C=C/c1ccccc1)Nc1ccc(OC(F)F)c(Cl)c1. The van der Waals surface area contributed by atoms with Crippen molar-refractivity contribution in [3.05, 3.63) is 65.2 Å². The van der Waals surface area contributed by atoms with Gasteiger partial charge in [0.05, 0.1) is 5.02 Å². The molecule has 2 rings (SSSR count). The highest BCUT2D eigenvalue weighted by molar-refractivity contribution is 6.32. The number of alkyl halides is 2. The highest BCUT2D eigenvalue weighted by Gasteiger charge is 2.09. The molecule has 0 heterocycles. The van der Waals surface area contributed by atoms with E-state index in [9.17, 15) is 13.6 Å². The summed E-state index contributed by atoms with van der Waals surface area (Å²) < 4.78 is 28.4. The van der Waals surface area contributed by atoms with Crippen molar-refractivity contribution in [1.29, 1.82) is 0 Å². The minimum atomic E-state index is -2.95. The number of carbonyl (C=O) groups is 1. The Morgan fingerprint density at radius 3 is 2.55 bits per heavy atom. The molecule has 1 amide bonds. The first-order valence-electron chi connectivity index (χ1n) is 6.33. The minimum absolute atomic E-state index is 0.00913. The number of hydrogen-bond acceptors (Lipinski definition) is 2. The minimum Gasteiger partial charge on any atom is -0.433 e. The molecular weight excluding hydrogens is 312 g/mol. The number of carbonyl (C=O) groups excluding carboxylic acids is 1. The predicted molar refractivity (Wildman–Crippen MR) is 82.2 cm³/mol. The molecule has 0 saturated carbocycles. The Hall–Kier alpha value is -2.40. The topological polar surface area (TPSA) is 38.3 Å². The van der Waals surface area contributed by atoms with Gasteiger partial charge in [0.15, 0.2) is 0 Å². The van der Waals surface area contributed by atoms with Crippen LogP contribution in [0.4, 0.5) is 14.5 Å². The molecule has 0 atom stereocenters. The summed E-state index contributed by atoms with van der Waals surface area (Å²) in [6.45, 7) is -2.95. The van der Waals surface area contributed by atoms with Crippen molar-refractivity contribution in [2.45, 2.75) is 6.61 Å². The van der Waals surface area contributed by atoms with Crippen LogP contribution in [0.2, 0.25) is 5.02 Å². The number of ether oxygens (including phenoxy) is 1. The average molecular weight is 324 g/mol. The summed E-state index contributed by atoms with van der Waals surface area (Å²) in [4.78, 5) is 11.8. The highest BCUT2D eigenvalue weighted by Crippen LogP contribution is 2.28. The molecule has 0 fully saturated rings. The molecule has 0 unspecified atom stereocenters. The Balaban J connectivity index is 2.00. The second kappa shape index (κ2) is 7.56. The Morgan fingerprint density at radius 2 is 1.91 bits per heavy atom. The molecule has 2 aromatic carbocycles. The van der Waals surface area contributed by atoms with E-state index < -0.39 is 6.61 Å². The normalized spacial score (nSPS) is 10.9. The van der Waals surface area contributed by atoms with E-state index in [0.717, 1.165) is 5.56 Å². The number of halogens is 3. The zero-order valence-electron chi connectivity index (χ0n) is 11.3. The van der Waals surface area contributed by atoms with Gasteiger partial charge < -0.3 is 10.1 Å². The molecule has 0 aliphatic rings. The maximum Gasteiger partial charge on any atom is 0.387 e. The molecule has 0 bridgehead atoms. The van der Waals surface area contributed by atoms with Crippen LogP contribution >= 0.6 is 11.6 Å². The predicted octanol–water partition coefficient (Wildman–Crippen LogP) is 4.59. The Kier molecular flexibility index (Phi) is 5.49. The lowest BCUT2D eigenvalue weighted by Gasteiger charge is -2.08. The quantitative estimate of drug-likeness (QED) is 0.817. The van der Waals surface area contributed by atoms with Gasteiger partial charge in [-0.05, 0) is 29.8 Å². The molecular formula is C16H12ClF2NO2. The summed E-state index contributed by atoms with van der Waals surface area (Å²) >= 11 is 5.80. The number of amides is 1. The number of anilines is 1. The first-order valence-corrected chi connectivity index (χ1v) is 6.71. The van der Waals surface area contributed by atoms with Gasteiger partial charge in [0, 0.05) is 11.8 Å². The third kappa shape index (κ3) is 4.86. The second-order valence-corrected chi connectivity index (χ2v) is 4.66. The van der Waals surface area contributed by atoms with Crippen LogP contribution in [0, 0.1) is 0 Å². The summed E-state index contributed by atoms with van der Waals surface area (Å²) in [7, 11) is 0. The fraction of sp³-hybridized carbons (Fsp3) is 0.0625. The third-order valence-electron chi connectivity index (χ3n) is 2.64. The van der Waals surface area contributed by atoms with Crippen LogP contribution in [0.25, 0.3) is 6.08 Å². The monoisotopic (exact) mass is 323 g/mol. The van der Waals surface area contributed by atoms with Gasteiger partial charge in [0.2, 0.25) is 5.91 Å². The van der Waals surface area contributed by atoms with Crippen molar-refractivity contribution in [1.82, 2.24) is 0 Å². The van der Waals surface area contributed by atoms with E-state index in [2.05, 4.69) is 10.1 Å². The van der Waals surface area contributed by atoms with Crippen molar-refractivity contribution >= 4 is 29.3 Å². The van der Waals surface area contributed by atoms with Gasteiger partial charge in [0.1, 0.15) is 5.75 Å². The van der Waals surface area contributed by atoms with Crippen LogP contribution in [0.3, 0.4) is 0 Å². The van der Waals surface area contributed by atoms with E-state index in [4.69, 9.17) is 11.6 Å². The van der Waals surface area contributed by atoms with E-state index in [-0.39, 0.29) is 16.7 Å². The first-order chi connectivity index (χ1) is 10.5. The van der Waals surface area contributed by atoms with Crippen molar-refractivity contribution < 1.29 is 18.3 Å². The summed E-state index contributed by atoms with van der Waals surface area (Å²) in [5.41, 5.74) is 1.27. The van der Waals surface area contributed by atoms with E-state index in [1.807, 2.05) is 30.3 Å². The van der Waals surface area contributed by atoms with Gasteiger partial charge in [-0.3, -0.25) is 4.79 Å². The third-order valence-corrected chi connectivity index (χ3v) is 2.94. The fourth-order valence-corrected chi connectivity index (χ4v) is 1.92. The van der Waals surface area contributed by atoms with Crippen molar-refractivity contribution in [2.75, 3.05) is 5.32 Å². The summed E-state index contributed by atoms with van der Waals surface area (Å²) in [5, 5.41) is 2.57. The van der Waals surface area contributed by atoms with E-state index in [1.165, 1.54) is 24.3 Å². The molecule has 0 aliphatic heterocycles. The van der Waals surface area contributed by atoms with Gasteiger partial charge in [-0.1, -0.05) is 41.9 Å². The van der Waals surface area contributed by atoms with Gasteiger partial charge in [-0.15, -0.1) is 0 Å². The van der Waals surface area contributed by atoms with Crippen molar-refractivity contribution in [2.24, 2.45) is 0 Å². The van der Waals surface area contributed by atoms with Crippen LogP contribution < -0.4 is 10.1 Å². The summed E-state index contributed by atoms with van der Waals surface area (Å²) in [6.07, 6.45) is 3.03. The van der Waals surface area contributed by atoms with Gasteiger partial charge in [-0.2, -0.15) is 8.78 Å². The molecule has 6 heteroatoms. The Bertz CT molecular complexity index is 675. The molecule has 2 aromatic rings. The number of hydrogen-bond donors (Lipinski definition) is 1. The zero-order chi connectivity index (χ0) is 15.9. The van der Waals surface area contributed by atoms with E-state index in [1.54, 1.807) is 6.08 Å². The maximum atomic E-state index is 12.1. The number of nitrogens with one attached hydrogen (secondary N) is 1. The van der Waals surface area contributed by atoms with Crippen LogP contribution in [-0.4, -0.2) is 12.5 Å². The van der Waals surface area contributed by atoms with Gasteiger partial charge >= 0.3 is 6.61 Å². The number of rotatable bonds is 5. The van der Waals surface area contributed by atoms with E-state index in [0.29, 0.717) is 5.69 Å². The second-order valence-electron chi connectivity index (χ2n) is 4.26. The molecule has 0 aromatic heterocycles. The lowest BCUT2D eigenvalue weighted by Crippen LogP contribution is -2.08. The Morgan fingerprint density at radius 1 is 1.18 bits per heavy atom. The van der Waals surface area contributed by atoms with Crippen molar-refractivity contribution in [3.8, 4) is 5.75 Å². The molecule has 114 valence electrons. The molecule has 3 nitrogen and oxygen atoms in total. The first kappa shape index (κ1) is 16.0. The summed E-state index contributed by atoms with van der Waals surface area (Å²) in [5.74, 6) is -0.503. The lowest BCUT2D eigenvalue weighted by molar-refractivity contribution is -0.111. The molecule has 22 heavy (non-hydrogen) atoms. The number of benzene rings is 2. The molecule has 0 radical (unpaired) electrons. The Labute approximate surface area is 131 Å². The van der Waals surface area contributed by atoms with Gasteiger partial charge in [-0.25, -0.2) is 0 Å². The smallest absolute Gasteiger partial charge is 0.387 e. The van der Waals surface area contributed by atoms with Crippen LogP contribution in [0.1, 0.15) is 5.56 Å². The van der Waals surface area contributed by atoms with Crippen LogP contribution in [-0.2, 0) is 4.79 Å². The van der Waals surface area contributed by atoms with Crippen molar-refractivity contribution in [3.63, 3.8) is 0 Å². The molecule has 0 aliphatic carbocycles. The average Bonchev–Trinajstić information content (AvgIpc) is 2.49. The zero-order valence-corrected chi connectivity index (χ0v) is 12.1. The molecule has 0 saturated heterocycles. The molecule has 0 spiro atoms. The standard InChI is InChI=1S/C16H12ClF2NO2/c17-13-10-12(7-8-14(13)22-16(18)19)20-15(21)9-6-11-4-2-1-3-5-11/h1-10,16H,(H,20,21)/b9-6+. The lowest BCUT2D eigenvalue weighted by atomic mass is 10.2. The highest BCUT2D eigenvalue weighted by atomic mass is 35.5. The van der Waals surface area contributed by atoms with Crippen LogP contribution in [0.15, 0.2) is 54.6 Å². The van der Waals surface area contributed by atoms with Gasteiger partial charge in [0.25, 0.3) is 0 Å².